The second kappa shape index (κ2) is 5.73. The highest BCUT2D eigenvalue weighted by molar-refractivity contribution is 8.17. The van der Waals surface area contributed by atoms with Crippen LogP contribution in [0.4, 0.5) is 5.69 Å². The van der Waals surface area contributed by atoms with Crippen molar-refractivity contribution in [1.82, 2.24) is 0 Å². The highest BCUT2D eigenvalue weighted by Crippen LogP contribution is 2.46. The zero-order chi connectivity index (χ0) is 13.2. The molecule has 0 bridgehead atoms. The van der Waals surface area contributed by atoms with E-state index in [1.54, 1.807) is 23.5 Å². The van der Waals surface area contributed by atoms with Crippen molar-refractivity contribution in [3.8, 4) is 0 Å². The quantitative estimate of drug-likeness (QED) is 0.844. The standard InChI is InChI=1S/C11H15NO3S3/c1-16-11-12(7-4-8-18(13,14)15)9-5-2-3-6-10(9)17-11/h2-3,5-6,11H,4,7-8H2,1H3,(H,13,14,15). The van der Waals surface area contributed by atoms with Gasteiger partial charge in [-0.3, -0.25) is 4.55 Å². The first-order valence-electron chi connectivity index (χ1n) is 5.51. The summed E-state index contributed by atoms with van der Waals surface area (Å²) in [7, 11) is -3.86. The van der Waals surface area contributed by atoms with Crippen LogP contribution in [0.3, 0.4) is 0 Å². The number of nitrogens with zero attached hydrogens (tertiary/aromatic N) is 1. The van der Waals surface area contributed by atoms with Crippen molar-refractivity contribution in [1.29, 1.82) is 0 Å². The van der Waals surface area contributed by atoms with Gasteiger partial charge >= 0.3 is 0 Å². The number of anilines is 1. The van der Waals surface area contributed by atoms with Gasteiger partial charge in [-0.2, -0.15) is 8.42 Å². The lowest BCUT2D eigenvalue weighted by molar-refractivity contribution is 0.481. The molecule has 0 radical (unpaired) electrons. The molecule has 1 N–H and O–H groups in total. The topological polar surface area (TPSA) is 57.6 Å². The van der Waals surface area contributed by atoms with Crippen molar-refractivity contribution in [3.05, 3.63) is 24.3 Å². The summed E-state index contributed by atoms with van der Waals surface area (Å²) < 4.78 is 30.5. The molecule has 0 saturated carbocycles. The molecule has 4 nitrogen and oxygen atoms in total. The molecule has 18 heavy (non-hydrogen) atoms. The second-order valence-corrected chi connectivity index (χ2v) is 7.87. The van der Waals surface area contributed by atoms with Gasteiger partial charge in [0.2, 0.25) is 0 Å². The molecular weight excluding hydrogens is 290 g/mol. The fourth-order valence-electron chi connectivity index (χ4n) is 1.90. The Labute approximate surface area is 116 Å². The molecule has 0 fully saturated rings. The Morgan fingerprint density at radius 2 is 2.17 bits per heavy atom. The lowest BCUT2D eigenvalue weighted by atomic mass is 10.3. The Balaban J connectivity index is 2.06. The Bertz CT molecular complexity index is 518. The van der Waals surface area contributed by atoms with E-state index < -0.39 is 10.1 Å². The minimum absolute atomic E-state index is 0.183. The summed E-state index contributed by atoms with van der Waals surface area (Å²) in [6, 6.07) is 8.11. The zero-order valence-electron chi connectivity index (χ0n) is 9.94. The fourth-order valence-corrected chi connectivity index (χ4v) is 4.59. The maximum absolute atomic E-state index is 10.7. The predicted octanol–water partition coefficient (Wildman–Crippen LogP) is 2.52. The van der Waals surface area contributed by atoms with Gasteiger partial charge in [0.15, 0.2) is 0 Å². The fraction of sp³-hybridized carbons (Fsp3) is 0.455. The largest absolute Gasteiger partial charge is 0.350 e. The minimum atomic E-state index is -3.86. The number of benzene rings is 1. The number of rotatable bonds is 5. The van der Waals surface area contributed by atoms with Gasteiger partial charge in [-0.15, -0.1) is 11.8 Å². The third kappa shape index (κ3) is 3.34. The van der Waals surface area contributed by atoms with E-state index in [4.69, 9.17) is 4.55 Å². The average molecular weight is 305 g/mol. The summed E-state index contributed by atoms with van der Waals surface area (Å²) in [5, 5.41) is 0. The van der Waals surface area contributed by atoms with E-state index in [1.807, 2.05) is 24.5 Å². The molecule has 1 unspecified atom stereocenters. The SMILES string of the molecule is CSC1Sc2ccccc2N1CCCS(=O)(=O)O. The van der Waals surface area contributed by atoms with Crippen molar-refractivity contribution >= 4 is 39.3 Å². The third-order valence-corrected chi connectivity index (χ3v) is 6.04. The zero-order valence-corrected chi connectivity index (χ0v) is 12.4. The number of fused-ring (bicyclic) bond motifs is 1. The molecule has 100 valence electrons. The van der Waals surface area contributed by atoms with E-state index in [9.17, 15) is 8.42 Å². The molecule has 1 aliphatic rings. The number of thioether (sulfide) groups is 2. The van der Waals surface area contributed by atoms with Crippen molar-refractivity contribution in [2.75, 3.05) is 23.5 Å². The summed E-state index contributed by atoms with van der Waals surface area (Å²) in [5.74, 6) is -0.183. The first-order chi connectivity index (χ1) is 8.51. The summed E-state index contributed by atoms with van der Waals surface area (Å²) in [6.45, 7) is 0.634. The van der Waals surface area contributed by atoms with Crippen LogP contribution in [0.2, 0.25) is 0 Å². The van der Waals surface area contributed by atoms with Crippen LogP contribution < -0.4 is 4.90 Å². The van der Waals surface area contributed by atoms with Crippen LogP contribution in [-0.4, -0.2) is 36.2 Å². The van der Waals surface area contributed by atoms with Crippen LogP contribution in [0.5, 0.6) is 0 Å². The molecule has 1 aromatic rings. The molecule has 0 amide bonds. The van der Waals surface area contributed by atoms with E-state index in [1.165, 1.54) is 4.90 Å². The summed E-state index contributed by atoms with van der Waals surface area (Å²) in [4.78, 5) is 3.42. The molecule has 2 rings (SSSR count). The number of hydrogen-bond acceptors (Lipinski definition) is 5. The van der Waals surface area contributed by atoms with E-state index in [-0.39, 0.29) is 10.5 Å². The van der Waals surface area contributed by atoms with E-state index in [0.717, 1.165) is 5.69 Å². The highest BCUT2D eigenvalue weighted by atomic mass is 32.2. The van der Waals surface area contributed by atoms with Gasteiger partial charge in [0.25, 0.3) is 10.1 Å². The monoisotopic (exact) mass is 305 g/mol. The van der Waals surface area contributed by atoms with Crippen molar-refractivity contribution in [2.45, 2.75) is 16.0 Å². The first-order valence-corrected chi connectivity index (χ1v) is 9.29. The Morgan fingerprint density at radius 1 is 1.44 bits per heavy atom. The van der Waals surface area contributed by atoms with Crippen LogP contribution >= 0.6 is 23.5 Å². The normalized spacial score (nSPS) is 19.0. The van der Waals surface area contributed by atoms with Crippen LogP contribution in [-0.2, 0) is 10.1 Å². The molecule has 1 heterocycles. The summed E-state index contributed by atoms with van der Waals surface area (Å²) >= 11 is 3.51. The Morgan fingerprint density at radius 3 is 2.83 bits per heavy atom. The first kappa shape index (κ1) is 14.0. The minimum Gasteiger partial charge on any atom is -0.350 e. The predicted molar refractivity (Wildman–Crippen MR) is 78.0 cm³/mol. The Kier molecular flexibility index (Phi) is 4.47. The molecule has 1 aliphatic heterocycles. The molecular formula is C11H15NO3S3. The van der Waals surface area contributed by atoms with Gasteiger partial charge < -0.3 is 4.90 Å². The van der Waals surface area contributed by atoms with Gasteiger partial charge in [-0.25, -0.2) is 0 Å². The Hall–Kier alpha value is -0.370. The average Bonchev–Trinajstić information content (AvgIpc) is 2.66. The van der Waals surface area contributed by atoms with E-state index in [0.29, 0.717) is 13.0 Å². The smallest absolute Gasteiger partial charge is 0.264 e. The van der Waals surface area contributed by atoms with Crippen molar-refractivity contribution in [2.24, 2.45) is 0 Å². The van der Waals surface area contributed by atoms with Crippen LogP contribution in [0.1, 0.15) is 6.42 Å². The molecule has 0 aromatic heterocycles. The lowest BCUT2D eigenvalue weighted by Gasteiger charge is -2.24. The summed E-state index contributed by atoms with van der Waals surface area (Å²) in [5.41, 5.74) is 1.15. The van der Waals surface area contributed by atoms with Crippen LogP contribution in [0, 0.1) is 0 Å². The van der Waals surface area contributed by atoms with Crippen molar-refractivity contribution in [3.63, 3.8) is 0 Å². The van der Waals surface area contributed by atoms with Gasteiger partial charge in [0.1, 0.15) is 4.71 Å². The van der Waals surface area contributed by atoms with Crippen LogP contribution in [0.15, 0.2) is 29.2 Å². The van der Waals surface area contributed by atoms with Gasteiger partial charge in [-0.1, -0.05) is 23.9 Å². The second-order valence-electron chi connectivity index (χ2n) is 3.96. The van der Waals surface area contributed by atoms with Crippen molar-refractivity contribution < 1.29 is 13.0 Å². The van der Waals surface area contributed by atoms with Gasteiger partial charge in [0.05, 0.1) is 11.4 Å². The molecule has 1 atom stereocenters. The molecule has 0 spiro atoms. The molecule has 0 saturated heterocycles. The van der Waals surface area contributed by atoms with Gasteiger partial charge in [-0.05, 0) is 24.8 Å². The van der Waals surface area contributed by atoms with Crippen LogP contribution in [0.25, 0.3) is 0 Å². The molecule has 7 heteroatoms. The molecule has 0 aliphatic carbocycles. The highest BCUT2D eigenvalue weighted by Gasteiger charge is 2.28. The number of para-hydroxylation sites is 1. The third-order valence-electron chi connectivity index (χ3n) is 2.66. The maximum Gasteiger partial charge on any atom is 0.264 e. The number of hydrogen-bond donors (Lipinski definition) is 1. The maximum atomic E-state index is 10.7. The molecule has 1 aromatic carbocycles. The summed E-state index contributed by atoms with van der Waals surface area (Å²) in [6.07, 6.45) is 2.48. The van der Waals surface area contributed by atoms with E-state index >= 15 is 0 Å². The van der Waals surface area contributed by atoms with E-state index in [2.05, 4.69) is 11.0 Å². The lowest BCUT2D eigenvalue weighted by Crippen LogP contribution is -2.29. The van der Waals surface area contributed by atoms with Gasteiger partial charge in [0, 0.05) is 11.4 Å².